The molecule has 0 saturated carbocycles. The topological polar surface area (TPSA) is 86.7 Å². The van der Waals surface area contributed by atoms with E-state index in [-0.39, 0.29) is 12.4 Å². The molecule has 0 N–H and O–H groups in total. The third kappa shape index (κ3) is 2.47. The molecular formula is C12H10ClN5O2S. The van der Waals surface area contributed by atoms with Crippen molar-refractivity contribution in [2.45, 2.75) is 20.4 Å². The van der Waals surface area contributed by atoms with Gasteiger partial charge in [-0.15, -0.1) is 11.3 Å². The number of hydrogen-bond donors (Lipinski definition) is 0. The maximum atomic E-state index is 10.6. The van der Waals surface area contributed by atoms with E-state index in [1.54, 1.807) is 11.3 Å². The van der Waals surface area contributed by atoms with Gasteiger partial charge >= 0.3 is 5.82 Å². The van der Waals surface area contributed by atoms with E-state index in [4.69, 9.17) is 11.6 Å². The zero-order valence-corrected chi connectivity index (χ0v) is 12.8. The van der Waals surface area contributed by atoms with Crippen LogP contribution in [0.2, 0.25) is 5.15 Å². The van der Waals surface area contributed by atoms with Crippen LogP contribution in [0.1, 0.15) is 16.3 Å². The molecule has 0 spiro atoms. The van der Waals surface area contributed by atoms with Crippen molar-refractivity contribution < 1.29 is 4.92 Å². The van der Waals surface area contributed by atoms with Crippen LogP contribution in [-0.2, 0) is 6.54 Å². The van der Waals surface area contributed by atoms with Crippen molar-refractivity contribution in [1.82, 2.24) is 19.7 Å². The van der Waals surface area contributed by atoms with Gasteiger partial charge in [0.1, 0.15) is 16.5 Å². The van der Waals surface area contributed by atoms with E-state index in [0.29, 0.717) is 11.0 Å². The molecule has 0 amide bonds. The van der Waals surface area contributed by atoms with Crippen LogP contribution >= 0.6 is 22.9 Å². The minimum atomic E-state index is -0.542. The Morgan fingerprint density at radius 3 is 2.86 bits per heavy atom. The van der Waals surface area contributed by atoms with Gasteiger partial charge in [0.15, 0.2) is 5.82 Å². The zero-order valence-electron chi connectivity index (χ0n) is 11.2. The molecule has 3 heterocycles. The first-order valence-electron chi connectivity index (χ1n) is 6.05. The van der Waals surface area contributed by atoms with Crippen molar-refractivity contribution in [1.29, 1.82) is 0 Å². The van der Waals surface area contributed by atoms with Crippen LogP contribution in [0.3, 0.4) is 0 Å². The van der Waals surface area contributed by atoms with Crippen LogP contribution in [0.5, 0.6) is 0 Å². The molecule has 21 heavy (non-hydrogen) atoms. The maximum Gasteiger partial charge on any atom is 0.389 e. The fourth-order valence-corrected chi connectivity index (χ4v) is 3.43. The number of aryl methyl sites for hydroxylation is 2. The molecule has 0 aromatic carbocycles. The van der Waals surface area contributed by atoms with Gasteiger partial charge in [-0.3, -0.25) is 0 Å². The number of aromatic nitrogens is 4. The van der Waals surface area contributed by atoms with E-state index in [1.807, 2.05) is 13.8 Å². The molecule has 108 valence electrons. The predicted molar refractivity (Wildman–Crippen MR) is 79.9 cm³/mol. The number of hydrogen-bond acceptors (Lipinski definition) is 6. The summed E-state index contributed by atoms with van der Waals surface area (Å²) in [6, 6.07) is 1.33. The first-order chi connectivity index (χ1) is 9.95. The van der Waals surface area contributed by atoms with Crippen molar-refractivity contribution in [3.8, 4) is 0 Å². The van der Waals surface area contributed by atoms with Crippen LogP contribution in [0.4, 0.5) is 5.82 Å². The third-order valence-electron chi connectivity index (χ3n) is 3.15. The molecule has 0 atom stereocenters. The van der Waals surface area contributed by atoms with Gasteiger partial charge in [-0.25, -0.2) is 9.97 Å². The highest BCUT2D eigenvalue weighted by Gasteiger charge is 2.16. The van der Waals surface area contributed by atoms with E-state index >= 15 is 0 Å². The number of thiophene rings is 1. The Balaban J connectivity index is 1.99. The van der Waals surface area contributed by atoms with E-state index < -0.39 is 4.92 Å². The maximum absolute atomic E-state index is 10.6. The Bertz CT molecular complexity index is 857. The molecular weight excluding hydrogens is 314 g/mol. The van der Waals surface area contributed by atoms with Gasteiger partial charge in [0.2, 0.25) is 0 Å². The monoisotopic (exact) mass is 323 g/mol. The Hall–Kier alpha value is -2.06. The van der Waals surface area contributed by atoms with E-state index in [0.717, 1.165) is 20.7 Å². The number of rotatable bonds is 3. The summed E-state index contributed by atoms with van der Waals surface area (Å²) in [5.74, 6) is 0.275. The van der Waals surface area contributed by atoms with Gasteiger partial charge < -0.3 is 10.1 Å². The minimum absolute atomic E-state index is 0.204. The van der Waals surface area contributed by atoms with Gasteiger partial charge in [0.25, 0.3) is 0 Å². The Morgan fingerprint density at radius 2 is 2.19 bits per heavy atom. The lowest BCUT2D eigenvalue weighted by molar-refractivity contribution is -0.389. The van der Waals surface area contributed by atoms with Crippen molar-refractivity contribution in [2.24, 2.45) is 0 Å². The summed E-state index contributed by atoms with van der Waals surface area (Å²) in [7, 11) is 0. The normalized spacial score (nSPS) is 11.2. The molecule has 0 aliphatic carbocycles. The molecule has 0 saturated heterocycles. The summed E-state index contributed by atoms with van der Waals surface area (Å²) in [4.78, 5) is 20.8. The second kappa shape index (κ2) is 5.05. The molecule has 3 aromatic heterocycles. The predicted octanol–water partition coefficient (Wildman–Crippen LogP) is 3.11. The van der Waals surface area contributed by atoms with Crippen LogP contribution in [-0.4, -0.2) is 24.7 Å². The molecule has 0 bridgehead atoms. The summed E-state index contributed by atoms with van der Waals surface area (Å²) in [5, 5.41) is 15.7. The lowest BCUT2D eigenvalue weighted by atomic mass is 10.2. The van der Waals surface area contributed by atoms with Crippen LogP contribution in [0.15, 0.2) is 12.3 Å². The highest BCUT2D eigenvalue weighted by atomic mass is 35.5. The largest absolute Gasteiger partial charge is 0.389 e. The highest BCUT2D eigenvalue weighted by Crippen LogP contribution is 2.32. The summed E-state index contributed by atoms with van der Waals surface area (Å²) in [6.07, 6.45) is 1.52. The van der Waals surface area contributed by atoms with Crippen molar-refractivity contribution in [3.63, 3.8) is 0 Å². The standard InChI is InChI=1S/C12H10ClN5O2S/c1-6-7(2)21-12-10(6)11(13)14-8(15-12)5-17-4-3-9(16-17)18(19)20/h3-4H,5H2,1-2H3. The fraction of sp³-hybridized carbons (Fsp3) is 0.250. The van der Waals surface area contributed by atoms with Crippen LogP contribution in [0.25, 0.3) is 10.2 Å². The molecule has 9 heteroatoms. The smallest absolute Gasteiger partial charge is 0.358 e. The van der Waals surface area contributed by atoms with Crippen molar-refractivity contribution in [3.05, 3.63) is 43.8 Å². The average molecular weight is 324 g/mol. The van der Waals surface area contributed by atoms with Gasteiger partial charge in [-0.1, -0.05) is 11.6 Å². The number of nitrogens with zero attached hydrogens (tertiary/aromatic N) is 5. The Labute approximate surface area is 128 Å². The third-order valence-corrected chi connectivity index (χ3v) is 4.52. The van der Waals surface area contributed by atoms with Gasteiger partial charge in [-0.2, -0.15) is 4.68 Å². The van der Waals surface area contributed by atoms with E-state index in [9.17, 15) is 10.1 Å². The molecule has 0 aliphatic rings. The molecule has 0 unspecified atom stereocenters. The second-order valence-corrected chi connectivity index (χ2v) is 6.08. The molecule has 0 aliphatic heterocycles. The van der Waals surface area contributed by atoms with Crippen LogP contribution < -0.4 is 0 Å². The quantitative estimate of drug-likeness (QED) is 0.420. The Morgan fingerprint density at radius 1 is 1.43 bits per heavy atom. The molecule has 7 nitrogen and oxygen atoms in total. The first kappa shape index (κ1) is 13.9. The van der Waals surface area contributed by atoms with Gasteiger partial charge in [0, 0.05) is 4.88 Å². The van der Waals surface area contributed by atoms with Crippen molar-refractivity contribution >= 4 is 39.0 Å². The fourth-order valence-electron chi connectivity index (χ4n) is 1.99. The molecule has 0 radical (unpaired) electrons. The number of halogens is 1. The van der Waals surface area contributed by atoms with Gasteiger partial charge in [-0.05, 0) is 24.3 Å². The van der Waals surface area contributed by atoms with E-state index in [1.165, 1.54) is 16.9 Å². The lowest BCUT2D eigenvalue weighted by Gasteiger charge is -2.00. The summed E-state index contributed by atoms with van der Waals surface area (Å²) >= 11 is 7.77. The summed E-state index contributed by atoms with van der Waals surface area (Å²) in [6.45, 7) is 4.23. The average Bonchev–Trinajstić information content (AvgIpc) is 2.96. The summed E-state index contributed by atoms with van der Waals surface area (Å²) in [5.41, 5.74) is 1.08. The second-order valence-electron chi connectivity index (χ2n) is 4.52. The first-order valence-corrected chi connectivity index (χ1v) is 7.25. The van der Waals surface area contributed by atoms with Crippen molar-refractivity contribution in [2.75, 3.05) is 0 Å². The molecule has 3 aromatic rings. The number of nitro groups is 1. The summed E-state index contributed by atoms with van der Waals surface area (Å²) < 4.78 is 1.42. The Kier molecular flexibility index (Phi) is 3.34. The lowest BCUT2D eigenvalue weighted by Crippen LogP contribution is -2.05. The van der Waals surface area contributed by atoms with Crippen LogP contribution in [0, 0.1) is 24.0 Å². The number of fused-ring (bicyclic) bond motifs is 1. The van der Waals surface area contributed by atoms with Gasteiger partial charge in [0.05, 0.1) is 22.7 Å². The molecule has 0 fully saturated rings. The SMILES string of the molecule is Cc1sc2nc(Cn3ccc([N+](=O)[O-])n3)nc(Cl)c2c1C. The van der Waals surface area contributed by atoms with E-state index in [2.05, 4.69) is 15.1 Å². The molecule has 3 rings (SSSR count). The minimum Gasteiger partial charge on any atom is -0.358 e. The highest BCUT2D eigenvalue weighted by molar-refractivity contribution is 7.18. The zero-order chi connectivity index (χ0) is 15.1.